The average molecular weight is 358 g/mol. The van der Waals surface area contributed by atoms with Gasteiger partial charge in [-0.25, -0.2) is 8.78 Å². The number of hydrogen-bond acceptors (Lipinski definition) is 2. The molecule has 1 atom stereocenters. The highest BCUT2D eigenvalue weighted by Gasteiger charge is 2.16. The van der Waals surface area contributed by atoms with Crippen molar-refractivity contribution in [3.8, 4) is 11.3 Å². The van der Waals surface area contributed by atoms with Crippen LogP contribution in [0.2, 0.25) is 0 Å². The number of H-pyrrole nitrogens is 1. The number of benzene rings is 2. The van der Waals surface area contributed by atoms with Crippen molar-refractivity contribution in [3.63, 3.8) is 0 Å². The van der Waals surface area contributed by atoms with E-state index in [1.807, 2.05) is 0 Å². The lowest BCUT2D eigenvalue weighted by atomic mass is 10.0. The van der Waals surface area contributed by atoms with Crippen molar-refractivity contribution in [2.45, 2.75) is 25.8 Å². The number of hydrogen-bond donors (Lipinski definition) is 3. The predicted octanol–water partition coefficient (Wildman–Crippen LogP) is 3.54. The zero-order valence-electron chi connectivity index (χ0n) is 14.4. The van der Waals surface area contributed by atoms with Gasteiger partial charge >= 0.3 is 0 Å². The van der Waals surface area contributed by atoms with Crippen molar-refractivity contribution in [2.75, 3.05) is 6.61 Å². The lowest BCUT2D eigenvalue weighted by Crippen LogP contribution is -2.35. The summed E-state index contributed by atoms with van der Waals surface area (Å²) in [4.78, 5) is 15.3. The van der Waals surface area contributed by atoms with Crippen LogP contribution in [0.1, 0.15) is 18.9 Å². The number of carbonyl (C=O) groups excluding carboxylic acids is 1. The number of fused-ring (bicyclic) bond motifs is 1. The Kier molecular flexibility index (Phi) is 5.32. The summed E-state index contributed by atoms with van der Waals surface area (Å²) in [6.45, 7) is 1.58. The van der Waals surface area contributed by atoms with Gasteiger partial charge in [-0.3, -0.25) is 4.79 Å². The van der Waals surface area contributed by atoms with Crippen molar-refractivity contribution in [1.82, 2.24) is 10.3 Å². The Balaban J connectivity index is 1.95. The molecule has 0 aliphatic carbocycles. The van der Waals surface area contributed by atoms with Crippen LogP contribution in [-0.2, 0) is 11.2 Å². The number of aliphatic hydroxyl groups excluding tert-OH is 1. The normalized spacial score (nSPS) is 12.3. The fourth-order valence-electron chi connectivity index (χ4n) is 2.97. The van der Waals surface area contributed by atoms with Crippen molar-refractivity contribution in [2.24, 2.45) is 0 Å². The van der Waals surface area contributed by atoms with Gasteiger partial charge in [0, 0.05) is 29.1 Å². The standard InChI is InChI=1S/C20H20F2N2O2/c1-12(11-25)23-19(26)9-7-16-17-10-15(22)6-8-18(17)24-20(16)13-2-4-14(21)5-3-13/h2-6,8,10,12,24-25H,7,9,11H2,1H3,(H,23,26)/t12-/m1/s1. The molecule has 0 aliphatic rings. The van der Waals surface area contributed by atoms with E-state index in [-0.39, 0.29) is 36.6 Å². The van der Waals surface area contributed by atoms with Gasteiger partial charge in [-0.05, 0) is 66.9 Å². The summed E-state index contributed by atoms with van der Waals surface area (Å²) in [5.41, 5.74) is 3.07. The summed E-state index contributed by atoms with van der Waals surface area (Å²) in [6, 6.07) is 10.1. The minimum atomic E-state index is -0.359. The van der Waals surface area contributed by atoms with E-state index >= 15 is 0 Å². The highest BCUT2D eigenvalue weighted by molar-refractivity contribution is 5.91. The molecule has 1 amide bonds. The van der Waals surface area contributed by atoms with Gasteiger partial charge in [0.25, 0.3) is 0 Å². The number of halogens is 2. The summed E-state index contributed by atoms with van der Waals surface area (Å²) in [7, 11) is 0. The molecule has 6 heteroatoms. The molecule has 0 spiro atoms. The molecular weight excluding hydrogens is 338 g/mol. The van der Waals surface area contributed by atoms with Crippen LogP contribution in [0.3, 0.4) is 0 Å². The molecule has 3 aromatic rings. The zero-order valence-corrected chi connectivity index (χ0v) is 14.4. The first-order chi connectivity index (χ1) is 12.5. The van der Waals surface area contributed by atoms with Gasteiger partial charge in [-0.15, -0.1) is 0 Å². The van der Waals surface area contributed by atoms with E-state index in [0.29, 0.717) is 11.8 Å². The minimum absolute atomic E-state index is 0.134. The third kappa shape index (κ3) is 3.91. The Labute approximate surface area is 149 Å². The maximum absolute atomic E-state index is 13.7. The fourth-order valence-corrected chi connectivity index (χ4v) is 2.97. The number of rotatable bonds is 6. The molecule has 0 aliphatic heterocycles. The topological polar surface area (TPSA) is 65.1 Å². The van der Waals surface area contributed by atoms with Gasteiger partial charge in [-0.1, -0.05) is 0 Å². The maximum Gasteiger partial charge on any atom is 0.220 e. The minimum Gasteiger partial charge on any atom is -0.394 e. The average Bonchev–Trinajstić information content (AvgIpc) is 2.98. The first kappa shape index (κ1) is 18.1. The van der Waals surface area contributed by atoms with Gasteiger partial charge in [0.15, 0.2) is 0 Å². The summed E-state index contributed by atoms with van der Waals surface area (Å²) in [5, 5.41) is 12.4. The summed E-state index contributed by atoms with van der Waals surface area (Å²) in [5.74, 6) is -0.890. The van der Waals surface area contributed by atoms with Crippen LogP contribution in [0, 0.1) is 11.6 Å². The molecule has 3 rings (SSSR count). The molecule has 26 heavy (non-hydrogen) atoms. The van der Waals surface area contributed by atoms with Gasteiger partial charge in [0.05, 0.1) is 6.61 Å². The van der Waals surface area contributed by atoms with Crippen LogP contribution in [0.5, 0.6) is 0 Å². The van der Waals surface area contributed by atoms with E-state index in [1.165, 1.54) is 24.3 Å². The second kappa shape index (κ2) is 7.66. The highest BCUT2D eigenvalue weighted by atomic mass is 19.1. The molecule has 0 bridgehead atoms. The fraction of sp³-hybridized carbons (Fsp3) is 0.250. The molecule has 3 N–H and O–H groups in total. The lowest BCUT2D eigenvalue weighted by Gasteiger charge is -2.11. The number of aryl methyl sites for hydroxylation is 1. The Bertz CT molecular complexity index is 919. The van der Waals surface area contributed by atoms with Crippen molar-refractivity contribution in [3.05, 3.63) is 59.7 Å². The predicted molar refractivity (Wildman–Crippen MR) is 96.7 cm³/mol. The van der Waals surface area contributed by atoms with Crippen LogP contribution < -0.4 is 5.32 Å². The van der Waals surface area contributed by atoms with E-state index in [2.05, 4.69) is 10.3 Å². The molecule has 4 nitrogen and oxygen atoms in total. The van der Waals surface area contributed by atoms with Crippen LogP contribution >= 0.6 is 0 Å². The van der Waals surface area contributed by atoms with Crippen LogP contribution in [-0.4, -0.2) is 28.6 Å². The van der Waals surface area contributed by atoms with Crippen molar-refractivity contribution < 1.29 is 18.7 Å². The Morgan fingerprint density at radius 3 is 2.54 bits per heavy atom. The smallest absolute Gasteiger partial charge is 0.220 e. The third-order valence-electron chi connectivity index (χ3n) is 4.28. The second-order valence-electron chi connectivity index (χ2n) is 6.33. The van der Waals surface area contributed by atoms with Crippen LogP contribution in [0.4, 0.5) is 8.78 Å². The first-order valence-electron chi connectivity index (χ1n) is 8.44. The second-order valence-corrected chi connectivity index (χ2v) is 6.33. The van der Waals surface area contributed by atoms with Gasteiger partial charge in [-0.2, -0.15) is 0 Å². The number of carbonyl (C=O) groups is 1. The van der Waals surface area contributed by atoms with Gasteiger partial charge in [0.2, 0.25) is 5.91 Å². The Morgan fingerprint density at radius 1 is 1.15 bits per heavy atom. The summed E-state index contributed by atoms with van der Waals surface area (Å²) in [6.07, 6.45) is 0.585. The van der Waals surface area contributed by atoms with E-state index in [9.17, 15) is 13.6 Å². The quantitative estimate of drug-likeness (QED) is 0.631. The molecule has 1 aromatic heterocycles. The first-order valence-corrected chi connectivity index (χ1v) is 8.44. The zero-order chi connectivity index (χ0) is 18.7. The Hall–Kier alpha value is -2.73. The van der Waals surface area contributed by atoms with Gasteiger partial charge in [0.1, 0.15) is 11.6 Å². The number of nitrogens with one attached hydrogen (secondary N) is 2. The molecule has 136 valence electrons. The number of aromatic nitrogens is 1. The molecule has 0 unspecified atom stereocenters. The number of aromatic amines is 1. The third-order valence-corrected chi connectivity index (χ3v) is 4.28. The van der Waals surface area contributed by atoms with Gasteiger partial charge < -0.3 is 15.4 Å². The van der Waals surface area contributed by atoms with Crippen LogP contribution in [0.25, 0.3) is 22.2 Å². The lowest BCUT2D eigenvalue weighted by molar-refractivity contribution is -0.121. The van der Waals surface area contributed by atoms with Crippen LogP contribution in [0.15, 0.2) is 42.5 Å². The van der Waals surface area contributed by atoms with Crippen molar-refractivity contribution in [1.29, 1.82) is 0 Å². The maximum atomic E-state index is 13.7. The molecule has 0 saturated heterocycles. The Morgan fingerprint density at radius 2 is 1.85 bits per heavy atom. The number of amides is 1. The molecule has 0 saturated carbocycles. The van der Waals surface area contributed by atoms with E-state index < -0.39 is 0 Å². The molecular formula is C20H20F2N2O2. The number of aliphatic hydroxyl groups is 1. The van der Waals surface area contributed by atoms with Crippen molar-refractivity contribution >= 4 is 16.8 Å². The summed E-state index contributed by atoms with van der Waals surface area (Å²) >= 11 is 0. The van der Waals surface area contributed by atoms with E-state index in [4.69, 9.17) is 5.11 Å². The molecule has 0 radical (unpaired) electrons. The SMILES string of the molecule is C[C@H](CO)NC(=O)CCc1c(-c2ccc(F)cc2)[nH]c2ccc(F)cc12. The summed E-state index contributed by atoms with van der Waals surface area (Å²) < 4.78 is 27.0. The monoisotopic (exact) mass is 358 g/mol. The molecule has 1 heterocycles. The highest BCUT2D eigenvalue weighted by Crippen LogP contribution is 2.32. The molecule has 2 aromatic carbocycles. The molecule has 0 fully saturated rings. The van der Waals surface area contributed by atoms with E-state index in [0.717, 1.165) is 22.3 Å². The largest absolute Gasteiger partial charge is 0.394 e. The van der Waals surface area contributed by atoms with E-state index in [1.54, 1.807) is 25.1 Å².